The molecule has 6 N–H and O–H groups in total. The Labute approximate surface area is 174 Å². The Balaban J connectivity index is 1.99. The summed E-state index contributed by atoms with van der Waals surface area (Å²) in [6.45, 7) is 0.937. The summed E-state index contributed by atoms with van der Waals surface area (Å²) in [5, 5.41) is 23.4. The molecule has 164 valence electrons. The molecule has 10 nitrogen and oxygen atoms in total. The molecule has 1 aromatic rings. The first-order valence-electron chi connectivity index (χ1n) is 9.79. The molecule has 4 atom stereocenters. The summed E-state index contributed by atoms with van der Waals surface area (Å²) < 4.78 is 0. The highest BCUT2D eigenvalue weighted by Crippen LogP contribution is 2.19. The minimum atomic E-state index is -1.25. The van der Waals surface area contributed by atoms with E-state index in [4.69, 9.17) is 10.8 Å². The molecule has 1 heterocycles. The molecule has 30 heavy (non-hydrogen) atoms. The van der Waals surface area contributed by atoms with Gasteiger partial charge >= 0.3 is 5.97 Å². The molecular weight excluding hydrogens is 392 g/mol. The molecule has 1 fully saturated rings. The molecule has 1 aliphatic rings. The van der Waals surface area contributed by atoms with Crippen LogP contribution in [-0.2, 0) is 25.6 Å². The van der Waals surface area contributed by atoms with Crippen molar-refractivity contribution in [3.63, 3.8) is 0 Å². The van der Waals surface area contributed by atoms with E-state index in [-0.39, 0.29) is 13.0 Å². The van der Waals surface area contributed by atoms with Gasteiger partial charge < -0.3 is 31.5 Å². The average Bonchev–Trinajstić information content (AvgIpc) is 3.21. The van der Waals surface area contributed by atoms with Gasteiger partial charge in [0.25, 0.3) is 0 Å². The smallest absolute Gasteiger partial charge is 0.325 e. The van der Waals surface area contributed by atoms with Crippen LogP contribution in [0.5, 0.6) is 0 Å². The van der Waals surface area contributed by atoms with Crippen molar-refractivity contribution >= 4 is 23.7 Å². The molecule has 1 aliphatic heterocycles. The Morgan fingerprint density at radius 2 is 1.87 bits per heavy atom. The van der Waals surface area contributed by atoms with Gasteiger partial charge in [-0.15, -0.1) is 0 Å². The van der Waals surface area contributed by atoms with Crippen molar-refractivity contribution in [1.29, 1.82) is 0 Å². The quantitative estimate of drug-likeness (QED) is 0.329. The van der Waals surface area contributed by atoms with Gasteiger partial charge in [-0.25, -0.2) is 0 Å². The van der Waals surface area contributed by atoms with E-state index >= 15 is 0 Å². The maximum absolute atomic E-state index is 12.8. The molecule has 4 unspecified atom stereocenters. The van der Waals surface area contributed by atoms with Gasteiger partial charge in [0, 0.05) is 6.54 Å². The fraction of sp³-hybridized carbons (Fsp3) is 0.500. The largest absolute Gasteiger partial charge is 0.480 e. The summed E-state index contributed by atoms with van der Waals surface area (Å²) in [6, 6.07) is 5.03. The van der Waals surface area contributed by atoms with Crippen molar-refractivity contribution in [1.82, 2.24) is 15.5 Å². The predicted octanol–water partition coefficient (Wildman–Crippen LogP) is -1.39. The number of hydrogen-bond acceptors (Lipinski definition) is 6. The highest BCUT2D eigenvalue weighted by molar-refractivity contribution is 5.94. The number of aliphatic carboxylic acids is 1. The van der Waals surface area contributed by atoms with Crippen LogP contribution in [0.4, 0.5) is 0 Å². The van der Waals surface area contributed by atoms with Crippen LogP contribution in [0, 0.1) is 0 Å². The zero-order valence-corrected chi connectivity index (χ0v) is 16.8. The number of carboxylic acid groups (broad SMARTS) is 1. The third-order valence-corrected chi connectivity index (χ3v) is 5.00. The van der Waals surface area contributed by atoms with E-state index in [1.807, 2.05) is 30.3 Å². The van der Waals surface area contributed by atoms with Crippen LogP contribution in [0.1, 0.15) is 25.3 Å². The van der Waals surface area contributed by atoms with Crippen molar-refractivity contribution in [2.45, 2.75) is 50.4 Å². The Kier molecular flexibility index (Phi) is 8.31. The minimum Gasteiger partial charge on any atom is -0.480 e. The van der Waals surface area contributed by atoms with E-state index in [0.717, 1.165) is 5.56 Å². The lowest BCUT2D eigenvalue weighted by Crippen LogP contribution is -2.57. The number of rotatable bonds is 9. The van der Waals surface area contributed by atoms with Crippen LogP contribution < -0.4 is 16.4 Å². The molecule has 1 saturated heterocycles. The van der Waals surface area contributed by atoms with Gasteiger partial charge in [0.05, 0.1) is 12.6 Å². The van der Waals surface area contributed by atoms with Gasteiger partial charge in [-0.1, -0.05) is 30.3 Å². The number of nitrogens with zero attached hydrogens (tertiary/aromatic N) is 1. The van der Waals surface area contributed by atoms with E-state index in [1.165, 1.54) is 11.8 Å². The maximum Gasteiger partial charge on any atom is 0.325 e. The molecule has 1 aromatic carbocycles. The molecule has 0 aromatic heterocycles. The number of likely N-dealkylation sites (tertiary alicyclic amines) is 1. The van der Waals surface area contributed by atoms with E-state index in [1.54, 1.807) is 0 Å². The number of carbonyl (C=O) groups excluding carboxylic acids is 3. The molecule has 10 heteroatoms. The number of nitrogens with two attached hydrogens (primary N) is 1. The molecule has 0 saturated carbocycles. The first-order valence-corrected chi connectivity index (χ1v) is 9.79. The predicted molar refractivity (Wildman–Crippen MR) is 107 cm³/mol. The second kappa shape index (κ2) is 10.7. The van der Waals surface area contributed by atoms with Crippen molar-refractivity contribution in [3.8, 4) is 0 Å². The average molecular weight is 420 g/mol. The molecule has 3 amide bonds. The lowest BCUT2D eigenvalue weighted by molar-refractivity contribution is -0.145. The van der Waals surface area contributed by atoms with Crippen LogP contribution in [0.3, 0.4) is 0 Å². The number of benzene rings is 1. The zero-order valence-electron chi connectivity index (χ0n) is 16.8. The van der Waals surface area contributed by atoms with E-state index in [0.29, 0.717) is 12.8 Å². The lowest BCUT2D eigenvalue weighted by Gasteiger charge is -2.28. The second-order valence-corrected chi connectivity index (χ2v) is 7.30. The summed E-state index contributed by atoms with van der Waals surface area (Å²) >= 11 is 0. The summed E-state index contributed by atoms with van der Waals surface area (Å²) in [5.41, 5.74) is 6.78. The Morgan fingerprint density at radius 3 is 2.47 bits per heavy atom. The van der Waals surface area contributed by atoms with E-state index in [9.17, 15) is 24.3 Å². The van der Waals surface area contributed by atoms with Crippen LogP contribution in [-0.4, -0.2) is 76.1 Å². The van der Waals surface area contributed by atoms with E-state index in [2.05, 4.69) is 10.6 Å². The minimum absolute atomic E-state index is 0.265. The number of aliphatic hydroxyl groups excluding tert-OH is 1. The van der Waals surface area contributed by atoms with Crippen molar-refractivity contribution < 1.29 is 29.4 Å². The van der Waals surface area contributed by atoms with Gasteiger partial charge in [0.2, 0.25) is 17.7 Å². The topological polar surface area (TPSA) is 162 Å². The first-order chi connectivity index (χ1) is 14.2. The molecular formula is C20H28N4O6. The highest BCUT2D eigenvalue weighted by atomic mass is 16.4. The Morgan fingerprint density at radius 1 is 1.20 bits per heavy atom. The van der Waals surface area contributed by atoms with Crippen molar-refractivity contribution in [2.75, 3.05) is 13.2 Å². The van der Waals surface area contributed by atoms with Gasteiger partial charge in [-0.05, 0) is 31.7 Å². The number of nitrogens with one attached hydrogen (secondary N) is 2. The van der Waals surface area contributed by atoms with Gasteiger partial charge in [-0.2, -0.15) is 0 Å². The van der Waals surface area contributed by atoms with E-state index < -0.39 is 54.5 Å². The number of carboxylic acids is 1. The van der Waals surface area contributed by atoms with Crippen molar-refractivity contribution in [3.05, 3.63) is 35.9 Å². The van der Waals surface area contributed by atoms with Gasteiger partial charge in [-0.3, -0.25) is 19.2 Å². The molecule has 0 spiro atoms. The first kappa shape index (κ1) is 23.3. The standard InChI is InChI=1S/C20H28N4O6/c1-12(20(29)30)22-18(27)16-8-5-9-24(16)19(28)15(11-25)23-17(26)14(21)10-13-6-3-2-4-7-13/h2-4,6-7,12,14-16,25H,5,8-11,21H2,1H3,(H,22,27)(H,23,26)(H,29,30). The number of amides is 3. The van der Waals surface area contributed by atoms with Crippen LogP contribution in [0.25, 0.3) is 0 Å². The number of hydrogen-bond donors (Lipinski definition) is 5. The number of aliphatic hydroxyl groups is 1. The van der Waals surface area contributed by atoms with Crippen LogP contribution in [0.15, 0.2) is 30.3 Å². The van der Waals surface area contributed by atoms with Crippen molar-refractivity contribution in [2.24, 2.45) is 5.73 Å². The molecule has 0 aliphatic carbocycles. The maximum atomic E-state index is 12.8. The second-order valence-electron chi connectivity index (χ2n) is 7.30. The number of carbonyl (C=O) groups is 4. The third kappa shape index (κ3) is 6.01. The molecule has 0 radical (unpaired) electrons. The fourth-order valence-electron chi connectivity index (χ4n) is 3.30. The highest BCUT2D eigenvalue weighted by Gasteiger charge is 2.38. The SMILES string of the molecule is CC(NC(=O)C1CCCN1C(=O)C(CO)NC(=O)C(N)Cc1ccccc1)C(=O)O. The summed E-state index contributed by atoms with van der Waals surface area (Å²) in [5.74, 6) is -2.98. The fourth-order valence-corrected chi connectivity index (χ4v) is 3.30. The Hall–Kier alpha value is -2.98. The molecule has 2 rings (SSSR count). The Bertz CT molecular complexity index is 772. The lowest BCUT2D eigenvalue weighted by atomic mass is 10.1. The monoisotopic (exact) mass is 420 g/mol. The van der Waals surface area contributed by atoms with Crippen LogP contribution >= 0.6 is 0 Å². The summed E-state index contributed by atoms with van der Waals surface area (Å²) in [4.78, 5) is 49.8. The van der Waals surface area contributed by atoms with Crippen LogP contribution in [0.2, 0.25) is 0 Å². The normalized spacial score (nSPS) is 18.9. The summed E-state index contributed by atoms with van der Waals surface area (Å²) in [7, 11) is 0. The summed E-state index contributed by atoms with van der Waals surface area (Å²) in [6.07, 6.45) is 1.18. The van der Waals surface area contributed by atoms with Gasteiger partial charge in [0.1, 0.15) is 18.1 Å². The zero-order chi connectivity index (χ0) is 22.3. The third-order valence-electron chi connectivity index (χ3n) is 5.00. The molecule has 0 bridgehead atoms. The van der Waals surface area contributed by atoms with Gasteiger partial charge in [0.15, 0.2) is 0 Å².